The Hall–Kier alpha value is -3.51. The zero-order chi connectivity index (χ0) is 26.1. The van der Waals surface area contributed by atoms with Gasteiger partial charge in [0.1, 0.15) is 0 Å². The lowest BCUT2D eigenvalue weighted by molar-refractivity contribution is 0.0600. The van der Waals surface area contributed by atoms with Gasteiger partial charge in [-0.25, -0.2) is 9.80 Å². The largest absolute Gasteiger partial charge is 0.465 e. The van der Waals surface area contributed by atoms with E-state index in [0.29, 0.717) is 32.2 Å². The van der Waals surface area contributed by atoms with Gasteiger partial charge in [-0.2, -0.15) is 5.10 Å². The maximum atomic E-state index is 12.0. The van der Waals surface area contributed by atoms with Crippen molar-refractivity contribution >= 4 is 58.0 Å². The van der Waals surface area contributed by atoms with Crippen LogP contribution < -0.4 is 9.91 Å². The summed E-state index contributed by atoms with van der Waals surface area (Å²) in [5.74, 6) is 0.258. The molecule has 186 valence electrons. The molecule has 0 amide bonds. The number of anilines is 2. The lowest BCUT2D eigenvalue weighted by atomic mass is 10.1. The van der Waals surface area contributed by atoms with Crippen molar-refractivity contribution in [3.8, 4) is 0 Å². The lowest BCUT2D eigenvalue weighted by Crippen LogP contribution is -2.36. The third-order valence-electron chi connectivity index (χ3n) is 6.06. The Morgan fingerprint density at radius 3 is 2.08 bits per heavy atom. The van der Waals surface area contributed by atoms with Crippen molar-refractivity contribution in [2.45, 2.75) is 13.1 Å². The van der Waals surface area contributed by atoms with Crippen molar-refractivity contribution in [1.82, 2.24) is 0 Å². The maximum Gasteiger partial charge on any atom is 0.337 e. The first kappa shape index (κ1) is 25.2. The fraction of sp³-hybridized carbons (Fsp3) is 0.103. The zero-order valence-corrected chi connectivity index (χ0v) is 22.3. The third kappa shape index (κ3) is 4.90. The fourth-order valence-corrected chi connectivity index (χ4v) is 5.26. The molecule has 4 aromatic carbocycles. The molecule has 4 aromatic rings. The summed E-state index contributed by atoms with van der Waals surface area (Å²) in [6.45, 7) is 1.94. The molecule has 0 saturated carbocycles. The highest BCUT2D eigenvalue weighted by Gasteiger charge is 2.39. The smallest absolute Gasteiger partial charge is 0.337 e. The summed E-state index contributed by atoms with van der Waals surface area (Å²) >= 11 is 19.8. The molecule has 0 aliphatic carbocycles. The molecule has 1 heterocycles. The number of halogens is 3. The highest BCUT2D eigenvalue weighted by Crippen LogP contribution is 2.45. The maximum absolute atomic E-state index is 12.0. The summed E-state index contributed by atoms with van der Waals surface area (Å²) in [5.41, 5.74) is 4.65. The summed E-state index contributed by atoms with van der Waals surface area (Å²) in [5, 5.41) is 8.52. The van der Waals surface area contributed by atoms with E-state index in [4.69, 9.17) is 44.6 Å². The number of carbonyl (C=O) groups excluding carboxylic acids is 1. The average Bonchev–Trinajstić information content (AvgIpc) is 3.28. The number of hydrogen-bond acceptors (Lipinski definition) is 5. The Labute approximate surface area is 230 Å². The standard InChI is InChI=1S/C29H22Cl3N3O2/c1-18-16-24(31)26(25(32)17-18)35-28(20-12-14-22(30)15-13-20)34(23-6-4-3-5-7-23)27(33-35)19-8-10-21(11-9-19)29(36)37-2/h3-17,28H,1-2H3. The SMILES string of the molecule is COC(=O)c1ccc(C2=NN(c3c(Cl)cc(C)cc3Cl)C(c3ccc(Cl)cc3)N2c2ccccc2)cc1. The van der Waals surface area contributed by atoms with E-state index in [1.54, 1.807) is 12.1 Å². The number of amidine groups is 1. The summed E-state index contributed by atoms with van der Waals surface area (Å²) in [4.78, 5) is 14.1. The number of hydrogen-bond donors (Lipinski definition) is 0. The molecule has 1 unspecified atom stereocenters. The van der Waals surface area contributed by atoms with E-state index < -0.39 is 12.1 Å². The second-order valence-corrected chi connectivity index (χ2v) is 9.80. The van der Waals surface area contributed by atoms with Gasteiger partial charge >= 0.3 is 5.97 Å². The highest BCUT2D eigenvalue weighted by atomic mass is 35.5. The fourth-order valence-electron chi connectivity index (χ4n) is 4.36. The van der Waals surface area contributed by atoms with Crippen LogP contribution in [0.25, 0.3) is 0 Å². The van der Waals surface area contributed by atoms with Gasteiger partial charge in [0.2, 0.25) is 0 Å². The van der Waals surface area contributed by atoms with Gasteiger partial charge in [-0.1, -0.05) is 77.3 Å². The predicted octanol–water partition coefficient (Wildman–Crippen LogP) is 8.13. The minimum atomic E-state index is -0.423. The van der Waals surface area contributed by atoms with Gasteiger partial charge in [0.15, 0.2) is 12.0 Å². The first-order valence-corrected chi connectivity index (χ1v) is 12.6. The van der Waals surface area contributed by atoms with Gasteiger partial charge in [0.05, 0.1) is 28.4 Å². The van der Waals surface area contributed by atoms with Crippen molar-refractivity contribution < 1.29 is 9.53 Å². The van der Waals surface area contributed by atoms with Crippen LogP contribution in [0.2, 0.25) is 15.1 Å². The molecule has 5 rings (SSSR count). The molecule has 0 fully saturated rings. The molecule has 5 nitrogen and oxygen atoms in total. The molecular weight excluding hydrogens is 529 g/mol. The van der Waals surface area contributed by atoms with Crippen molar-refractivity contribution in [1.29, 1.82) is 0 Å². The molecule has 0 saturated heterocycles. The van der Waals surface area contributed by atoms with Gasteiger partial charge in [-0.05, 0) is 66.6 Å². The van der Waals surface area contributed by atoms with Crippen LogP contribution in [-0.2, 0) is 4.74 Å². The number of carbonyl (C=O) groups is 1. The number of rotatable bonds is 5. The number of nitrogens with zero attached hydrogens (tertiary/aromatic N) is 3. The summed E-state index contributed by atoms with van der Waals surface area (Å²) < 4.78 is 4.86. The topological polar surface area (TPSA) is 45.1 Å². The number of hydrazone groups is 1. The van der Waals surface area contributed by atoms with Crippen molar-refractivity contribution in [3.05, 3.63) is 128 Å². The number of aryl methyl sites for hydroxylation is 1. The molecular formula is C29H22Cl3N3O2. The molecule has 0 aromatic heterocycles. The lowest BCUT2D eigenvalue weighted by Gasteiger charge is -2.33. The van der Waals surface area contributed by atoms with Crippen LogP contribution in [0.4, 0.5) is 11.4 Å². The number of methoxy groups -OCH3 is 1. The minimum absolute atomic E-state index is 0.404. The second kappa shape index (κ2) is 10.5. The van der Waals surface area contributed by atoms with Crippen LogP contribution >= 0.6 is 34.8 Å². The van der Waals surface area contributed by atoms with Crippen LogP contribution in [-0.4, -0.2) is 18.9 Å². The van der Waals surface area contributed by atoms with Gasteiger partial charge in [0.25, 0.3) is 0 Å². The second-order valence-electron chi connectivity index (χ2n) is 8.55. The van der Waals surface area contributed by atoms with Crippen LogP contribution in [0.3, 0.4) is 0 Å². The molecule has 0 spiro atoms. The van der Waals surface area contributed by atoms with Crippen molar-refractivity contribution in [2.24, 2.45) is 5.10 Å². The van der Waals surface area contributed by atoms with E-state index in [0.717, 1.165) is 22.4 Å². The first-order chi connectivity index (χ1) is 17.9. The third-order valence-corrected chi connectivity index (χ3v) is 6.89. The molecule has 1 aliphatic rings. The molecule has 0 N–H and O–H groups in total. The number of esters is 1. The highest BCUT2D eigenvalue weighted by molar-refractivity contribution is 6.39. The molecule has 8 heteroatoms. The first-order valence-electron chi connectivity index (χ1n) is 11.5. The minimum Gasteiger partial charge on any atom is -0.465 e. The van der Waals surface area contributed by atoms with E-state index in [9.17, 15) is 4.79 Å². The molecule has 1 aliphatic heterocycles. The van der Waals surface area contributed by atoms with E-state index in [1.165, 1.54) is 7.11 Å². The Morgan fingerprint density at radius 2 is 1.49 bits per heavy atom. The Balaban J connectivity index is 1.73. The zero-order valence-electron chi connectivity index (χ0n) is 20.0. The van der Waals surface area contributed by atoms with Crippen molar-refractivity contribution in [2.75, 3.05) is 17.0 Å². The van der Waals surface area contributed by atoms with Crippen LogP contribution in [0.5, 0.6) is 0 Å². The van der Waals surface area contributed by atoms with E-state index >= 15 is 0 Å². The monoisotopic (exact) mass is 549 g/mol. The normalized spacial score (nSPS) is 15.1. The number of ether oxygens (including phenoxy) is 1. The number of para-hydroxylation sites is 1. The predicted molar refractivity (Wildman–Crippen MR) is 151 cm³/mol. The Bertz CT molecular complexity index is 1450. The summed E-state index contributed by atoms with van der Waals surface area (Å²) in [6.07, 6.45) is -0.423. The van der Waals surface area contributed by atoms with Gasteiger partial charge in [0, 0.05) is 16.3 Å². The summed E-state index contributed by atoms with van der Waals surface area (Å²) in [6, 6.07) is 28.4. The number of benzene rings is 4. The van der Waals surface area contributed by atoms with E-state index in [-0.39, 0.29) is 0 Å². The van der Waals surface area contributed by atoms with E-state index in [2.05, 4.69) is 4.90 Å². The Morgan fingerprint density at radius 1 is 0.865 bits per heavy atom. The van der Waals surface area contributed by atoms with E-state index in [1.807, 2.05) is 90.8 Å². The molecule has 37 heavy (non-hydrogen) atoms. The Kier molecular flexibility index (Phi) is 7.11. The van der Waals surface area contributed by atoms with Crippen LogP contribution in [0, 0.1) is 6.92 Å². The molecule has 0 radical (unpaired) electrons. The van der Waals surface area contributed by atoms with Gasteiger partial charge in [-0.15, -0.1) is 0 Å². The van der Waals surface area contributed by atoms with Crippen molar-refractivity contribution in [3.63, 3.8) is 0 Å². The average molecular weight is 551 g/mol. The van der Waals surface area contributed by atoms with Crippen LogP contribution in [0.15, 0.2) is 96.1 Å². The van der Waals surface area contributed by atoms with Gasteiger partial charge in [-0.3, -0.25) is 4.90 Å². The quantitative estimate of drug-likeness (QED) is 0.235. The summed E-state index contributed by atoms with van der Waals surface area (Å²) in [7, 11) is 1.36. The molecule has 1 atom stereocenters. The van der Waals surface area contributed by atoms with Gasteiger partial charge < -0.3 is 4.74 Å². The molecule has 0 bridgehead atoms. The van der Waals surface area contributed by atoms with Crippen LogP contribution in [0.1, 0.15) is 33.2 Å².